The first-order chi connectivity index (χ1) is 9.01. The SMILES string of the molecule is COc1c(C)cc(C)cc1Cc1ccc(C(C)=O)o1. The molecule has 0 spiro atoms. The van der Waals surface area contributed by atoms with Gasteiger partial charge in [-0.1, -0.05) is 17.7 Å². The Bertz CT molecular complexity index is 608. The van der Waals surface area contributed by atoms with E-state index >= 15 is 0 Å². The fraction of sp³-hybridized carbons (Fsp3) is 0.312. The molecule has 100 valence electrons. The van der Waals surface area contributed by atoms with E-state index in [2.05, 4.69) is 19.1 Å². The Morgan fingerprint density at radius 3 is 2.58 bits per heavy atom. The summed E-state index contributed by atoms with van der Waals surface area (Å²) in [6, 6.07) is 7.73. The van der Waals surface area contributed by atoms with Crippen LogP contribution in [-0.2, 0) is 6.42 Å². The van der Waals surface area contributed by atoms with Crippen LogP contribution in [0.4, 0.5) is 0 Å². The molecule has 0 amide bonds. The minimum absolute atomic E-state index is 0.0568. The topological polar surface area (TPSA) is 39.4 Å². The van der Waals surface area contributed by atoms with E-state index in [1.54, 1.807) is 13.2 Å². The Hall–Kier alpha value is -2.03. The Labute approximate surface area is 113 Å². The minimum atomic E-state index is -0.0568. The minimum Gasteiger partial charge on any atom is -0.496 e. The number of hydrogen-bond acceptors (Lipinski definition) is 3. The number of carbonyl (C=O) groups is 1. The Kier molecular flexibility index (Phi) is 3.74. The molecule has 2 rings (SSSR count). The smallest absolute Gasteiger partial charge is 0.194 e. The molecule has 2 aromatic rings. The van der Waals surface area contributed by atoms with Gasteiger partial charge in [-0.2, -0.15) is 0 Å². The molecule has 1 aromatic heterocycles. The summed E-state index contributed by atoms with van der Waals surface area (Å²) in [5.74, 6) is 2.00. The van der Waals surface area contributed by atoms with Crippen LogP contribution in [0.1, 0.15) is 39.9 Å². The molecule has 1 heterocycles. The number of methoxy groups -OCH3 is 1. The summed E-state index contributed by atoms with van der Waals surface area (Å²) in [6.07, 6.45) is 0.624. The van der Waals surface area contributed by atoms with Crippen LogP contribution in [0.25, 0.3) is 0 Å². The van der Waals surface area contributed by atoms with Gasteiger partial charge in [0, 0.05) is 18.9 Å². The number of hydrogen-bond donors (Lipinski definition) is 0. The number of ether oxygens (including phenoxy) is 1. The lowest BCUT2D eigenvalue weighted by Crippen LogP contribution is -1.97. The van der Waals surface area contributed by atoms with Crippen molar-refractivity contribution < 1.29 is 13.9 Å². The summed E-state index contributed by atoms with van der Waals surface area (Å²) in [5, 5.41) is 0. The van der Waals surface area contributed by atoms with Gasteiger partial charge in [0.1, 0.15) is 11.5 Å². The summed E-state index contributed by atoms with van der Waals surface area (Å²) >= 11 is 0. The van der Waals surface area contributed by atoms with Crippen LogP contribution in [0.2, 0.25) is 0 Å². The van der Waals surface area contributed by atoms with Crippen molar-refractivity contribution in [3.63, 3.8) is 0 Å². The van der Waals surface area contributed by atoms with Crippen molar-refractivity contribution in [2.75, 3.05) is 7.11 Å². The average molecular weight is 258 g/mol. The van der Waals surface area contributed by atoms with Crippen molar-refractivity contribution in [2.45, 2.75) is 27.2 Å². The maximum atomic E-state index is 11.2. The molecule has 0 bridgehead atoms. The number of ketones is 1. The maximum Gasteiger partial charge on any atom is 0.194 e. The highest BCUT2D eigenvalue weighted by Crippen LogP contribution is 2.27. The Balaban J connectivity index is 2.34. The van der Waals surface area contributed by atoms with Gasteiger partial charge in [0.05, 0.1) is 7.11 Å². The third kappa shape index (κ3) is 2.87. The number of rotatable bonds is 4. The molecule has 0 aliphatic carbocycles. The largest absolute Gasteiger partial charge is 0.496 e. The molecule has 0 saturated heterocycles. The third-order valence-electron chi connectivity index (χ3n) is 3.07. The lowest BCUT2D eigenvalue weighted by Gasteiger charge is -2.11. The number of benzene rings is 1. The molecule has 0 radical (unpaired) electrons. The molecule has 3 heteroatoms. The molecule has 19 heavy (non-hydrogen) atoms. The number of Topliss-reactive ketones (excluding diaryl/α,β-unsaturated/α-hetero) is 1. The zero-order valence-corrected chi connectivity index (χ0v) is 11.7. The normalized spacial score (nSPS) is 10.5. The van der Waals surface area contributed by atoms with Gasteiger partial charge in [0.15, 0.2) is 11.5 Å². The second kappa shape index (κ2) is 5.31. The van der Waals surface area contributed by atoms with E-state index in [0.717, 1.165) is 22.6 Å². The van der Waals surface area contributed by atoms with Crippen LogP contribution < -0.4 is 4.74 Å². The van der Waals surface area contributed by atoms with Gasteiger partial charge in [0.2, 0.25) is 0 Å². The molecule has 0 aliphatic heterocycles. The number of aryl methyl sites for hydroxylation is 2. The fourth-order valence-corrected chi connectivity index (χ4v) is 2.32. The molecule has 0 atom stereocenters. The summed E-state index contributed by atoms with van der Waals surface area (Å²) < 4.78 is 11.0. The lowest BCUT2D eigenvalue weighted by molar-refractivity contribution is 0.0985. The number of carbonyl (C=O) groups excluding carboxylic acids is 1. The van der Waals surface area contributed by atoms with Gasteiger partial charge >= 0.3 is 0 Å². The average Bonchev–Trinajstić information content (AvgIpc) is 2.77. The van der Waals surface area contributed by atoms with Crippen LogP contribution in [0.5, 0.6) is 5.75 Å². The summed E-state index contributed by atoms with van der Waals surface area (Å²) in [5.41, 5.74) is 3.37. The second-order valence-corrected chi connectivity index (χ2v) is 4.77. The molecule has 0 saturated carbocycles. The molecule has 0 N–H and O–H groups in total. The Morgan fingerprint density at radius 2 is 2.00 bits per heavy atom. The molecule has 3 nitrogen and oxygen atoms in total. The van der Waals surface area contributed by atoms with Crippen molar-refractivity contribution >= 4 is 5.78 Å². The van der Waals surface area contributed by atoms with Crippen molar-refractivity contribution in [3.8, 4) is 5.75 Å². The molecule has 0 aliphatic rings. The highest BCUT2D eigenvalue weighted by molar-refractivity contribution is 5.91. The number of furan rings is 1. The van der Waals surface area contributed by atoms with Crippen LogP contribution in [0.3, 0.4) is 0 Å². The quantitative estimate of drug-likeness (QED) is 0.785. The van der Waals surface area contributed by atoms with E-state index < -0.39 is 0 Å². The lowest BCUT2D eigenvalue weighted by atomic mass is 10.0. The molecular weight excluding hydrogens is 240 g/mol. The van der Waals surface area contributed by atoms with E-state index in [9.17, 15) is 4.79 Å². The monoisotopic (exact) mass is 258 g/mol. The van der Waals surface area contributed by atoms with Crippen LogP contribution >= 0.6 is 0 Å². The van der Waals surface area contributed by atoms with E-state index in [0.29, 0.717) is 12.2 Å². The summed E-state index contributed by atoms with van der Waals surface area (Å²) in [4.78, 5) is 11.2. The van der Waals surface area contributed by atoms with E-state index in [4.69, 9.17) is 9.15 Å². The summed E-state index contributed by atoms with van der Waals surface area (Å²) in [7, 11) is 1.67. The standard InChI is InChI=1S/C16H18O3/c1-10-7-11(2)16(18-4)13(8-10)9-14-5-6-15(19-14)12(3)17/h5-8H,9H2,1-4H3. The summed E-state index contributed by atoms with van der Waals surface area (Å²) in [6.45, 7) is 5.58. The van der Waals surface area contributed by atoms with E-state index in [1.807, 2.05) is 13.0 Å². The second-order valence-electron chi connectivity index (χ2n) is 4.77. The molecule has 1 aromatic carbocycles. The van der Waals surface area contributed by atoms with E-state index in [1.165, 1.54) is 12.5 Å². The Morgan fingerprint density at radius 1 is 1.26 bits per heavy atom. The van der Waals surface area contributed by atoms with Crippen LogP contribution in [-0.4, -0.2) is 12.9 Å². The van der Waals surface area contributed by atoms with Gasteiger partial charge in [-0.15, -0.1) is 0 Å². The van der Waals surface area contributed by atoms with Crippen molar-refractivity contribution in [3.05, 3.63) is 52.5 Å². The molecular formula is C16H18O3. The predicted molar refractivity (Wildman–Crippen MR) is 74.0 cm³/mol. The van der Waals surface area contributed by atoms with Gasteiger partial charge in [-0.05, 0) is 31.5 Å². The van der Waals surface area contributed by atoms with Crippen LogP contribution in [0, 0.1) is 13.8 Å². The zero-order valence-electron chi connectivity index (χ0n) is 11.7. The molecule has 0 unspecified atom stereocenters. The fourth-order valence-electron chi connectivity index (χ4n) is 2.32. The van der Waals surface area contributed by atoms with Gasteiger partial charge in [-0.3, -0.25) is 4.79 Å². The predicted octanol–water partition coefficient (Wildman–Crippen LogP) is 3.70. The van der Waals surface area contributed by atoms with E-state index in [-0.39, 0.29) is 5.78 Å². The first-order valence-corrected chi connectivity index (χ1v) is 6.25. The van der Waals surface area contributed by atoms with Crippen LogP contribution in [0.15, 0.2) is 28.7 Å². The third-order valence-corrected chi connectivity index (χ3v) is 3.07. The van der Waals surface area contributed by atoms with Crippen molar-refractivity contribution in [1.29, 1.82) is 0 Å². The highest BCUT2D eigenvalue weighted by atomic mass is 16.5. The first-order valence-electron chi connectivity index (χ1n) is 6.25. The highest BCUT2D eigenvalue weighted by Gasteiger charge is 2.12. The van der Waals surface area contributed by atoms with Gasteiger partial charge < -0.3 is 9.15 Å². The van der Waals surface area contributed by atoms with Crippen molar-refractivity contribution in [2.24, 2.45) is 0 Å². The maximum absolute atomic E-state index is 11.2. The van der Waals surface area contributed by atoms with Gasteiger partial charge in [0.25, 0.3) is 0 Å². The van der Waals surface area contributed by atoms with Crippen molar-refractivity contribution in [1.82, 2.24) is 0 Å². The zero-order chi connectivity index (χ0) is 14.0. The first kappa shape index (κ1) is 13.4. The molecule has 0 fully saturated rings. The van der Waals surface area contributed by atoms with Gasteiger partial charge in [-0.25, -0.2) is 0 Å².